The smallest absolute Gasteiger partial charge is 0.307 e. The van der Waals surface area contributed by atoms with Crippen molar-refractivity contribution in [2.75, 3.05) is 6.61 Å². The van der Waals surface area contributed by atoms with Crippen molar-refractivity contribution < 1.29 is 33.0 Å². The van der Waals surface area contributed by atoms with Crippen LogP contribution in [0.2, 0.25) is 5.02 Å². The minimum Gasteiger partial charge on any atom is -0.481 e. The van der Waals surface area contributed by atoms with Gasteiger partial charge in [-0.3, -0.25) is 14.4 Å². The maximum absolute atomic E-state index is 12.5. The summed E-state index contributed by atoms with van der Waals surface area (Å²) in [4.78, 5) is 35.7. The Morgan fingerprint density at radius 2 is 1.67 bits per heavy atom. The summed E-state index contributed by atoms with van der Waals surface area (Å²) in [5.74, 6) is -2.93. The van der Waals surface area contributed by atoms with E-state index in [2.05, 4.69) is 15.4 Å². The molecule has 0 radical (unpaired) electrons. The first kappa shape index (κ1) is 29.2. The van der Waals surface area contributed by atoms with Crippen molar-refractivity contribution in [3.63, 3.8) is 0 Å². The third-order valence-electron chi connectivity index (χ3n) is 5.14. The van der Waals surface area contributed by atoms with E-state index in [0.717, 1.165) is 5.56 Å². The molecular formula is C23H29ClN4O7S. The van der Waals surface area contributed by atoms with E-state index in [1.54, 1.807) is 18.2 Å². The van der Waals surface area contributed by atoms with Crippen LogP contribution in [0.25, 0.3) is 0 Å². The number of halogens is 1. The monoisotopic (exact) mass is 540 g/mol. The molecule has 0 aliphatic heterocycles. The number of sulfonamides is 1. The second kappa shape index (κ2) is 13.3. The van der Waals surface area contributed by atoms with Gasteiger partial charge in [0.2, 0.25) is 21.8 Å². The number of carboxylic acid groups (broad SMARTS) is 1. The van der Waals surface area contributed by atoms with E-state index >= 15 is 0 Å². The van der Waals surface area contributed by atoms with Crippen LogP contribution in [0.3, 0.4) is 0 Å². The molecule has 13 heteroatoms. The summed E-state index contributed by atoms with van der Waals surface area (Å²) in [6, 6.07) is 8.50. The van der Waals surface area contributed by atoms with E-state index in [9.17, 15) is 27.9 Å². The lowest BCUT2D eigenvalue weighted by Gasteiger charge is -2.20. The fourth-order valence-electron chi connectivity index (χ4n) is 3.27. The lowest BCUT2D eigenvalue weighted by molar-refractivity contribution is -0.136. The summed E-state index contributed by atoms with van der Waals surface area (Å²) in [7, 11) is -3.95. The van der Waals surface area contributed by atoms with E-state index in [0.29, 0.717) is 21.7 Å². The Morgan fingerprint density at radius 3 is 2.25 bits per heavy atom. The minimum absolute atomic E-state index is 0.0612. The second-order valence-corrected chi connectivity index (χ2v) is 10.3. The van der Waals surface area contributed by atoms with Gasteiger partial charge in [0, 0.05) is 18.1 Å². The molecule has 0 aromatic heterocycles. The lowest BCUT2D eigenvalue weighted by atomic mass is 10.1. The summed E-state index contributed by atoms with van der Waals surface area (Å²) in [5.41, 5.74) is 8.05. The van der Waals surface area contributed by atoms with E-state index in [1.807, 2.05) is 0 Å². The zero-order valence-electron chi connectivity index (χ0n) is 19.5. The number of carboxylic acids is 1. The standard InChI is InChI=1S/C23H29ClN4O7S/c1-14(28-36(34,35)13-16-4-2-15(3-5-16)8-21(30)31)22(32)27-20(12-29)23(33)26-11-18-9-19(24)7-6-17(18)10-25/h2-7,9,14,20,28-29H,8,10-13,25H2,1H3,(H,26,33)(H,27,32)(H,30,31). The molecule has 0 saturated heterocycles. The molecule has 0 saturated carbocycles. The van der Waals surface area contributed by atoms with Gasteiger partial charge in [-0.1, -0.05) is 41.9 Å². The Hall–Kier alpha value is -3.03. The Balaban J connectivity index is 1.93. The van der Waals surface area contributed by atoms with Crippen LogP contribution in [0, 0.1) is 0 Å². The molecule has 0 aliphatic carbocycles. The Morgan fingerprint density at radius 1 is 1.03 bits per heavy atom. The molecule has 0 aliphatic rings. The number of hydrogen-bond acceptors (Lipinski definition) is 7. The topological polar surface area (TPSA) is 188 Å². The quantitative estimate of drug-likeness (QED) is 0.205. The number of carbonyl (C=O) groups is 3. The first-order chi connectivity index (χ1) is 16.9. The van der Waals surface area contributed by atoms with Gasteiger partial charge in [-0.15, -0.1) is 0 Å². The molecule has 2 unspecified atom stereocenters. The minimum atomic E-state index is -3.95. The zero-order chi connectivity index (χ0) is 26.9. The van der Waals surface area contributed by atoms with Crippen molar-refractivity contribution in [3.8, 4) is 0 Å². The molecule has 2 aromatic rings. The molecular weight excluding hydrogens is 512 g/mol. The van der Waals surface area contributed by atoms with Crippen molar-refractivity contribution in [2.24, 2.45) is 5.73 Å². The van der Waals surface area contributed by atoms with Crippen molar-refractivity contribution in [1.82, 2.24) is 15.4 Å². The third-order valence-corrected chi connectivity index (χ3v) is 6.80. The predicted molar refractivity (Wildman–Crippen MR) is 133 cm³/mol. The van der Waals surface area contributed by atoms with Crippen molar-refractivity contribution in [2.45, 2.75) is 44.3 Å². The number of amides is 2. The number of benzene rings is 2. The summed E-state index contributed by atoms with van der Waals surface area (Å²) < 4.78 is 27.2. The SMILES string of the molecule is CC(NS(=O)(=O)Cc1ccc(CC(=O)O)cc1)C(=O)NC(CO)C(=O)NCc1cc(Cl)ccc1CN. The van der Waals surface area contributed by atoms with E-state index < -0.39 is 52.3 Å². The van der Waals surface area contributed by atoms with Crippen molar-refractivity contribution in [3.05, 3.63) is 69.7 Å². The van der Waals surface area contributed by atoms with Gasteiger partial charge in [-0.2, -0.15) is 0 Å². The number of hydrogen-bond donors (Lipinski definition) is 6. The van der Waals surface area contributed by atoms with Gasteiger partial charge in [0.25, 0.3) is 0 Å². The van der Waals surface area contributed by atoms with Crippen LogP contribution in [0.4, 0.5) is 0 Å². The predicted octanol–water partition coefficient (Wildman–Crippen LogP) is 0.0272. The Labute approximate surface area is 214 Å². The third kappa shape index (κ3) is 9.21. The summed E-state index contributed by atoms with van der Waals surface area (Å²) in [5, 5.41) is 23.8. The highest BCUT2D eigenvalue weighted by atomic mass is 35.5. The van der Waals surface area contributed by atoms with Gasteiger partial charge < -0.3 is 26.6 Å². The molecule has 36 heavy (non-hydrogen) atoms. The van der Waals surface area contributed by atoms with E-state index in [1.165, 1.54) is 31.2 Å². The molecule has 2 rings (SSSR count). The van der Waals surface area contributed by atoms with Gasteiger partial charge >= 0.3 is 5.97 Å². The van der Waals surface area contributed by atoms with Crippen LogP contribution in [0.1, 0.15) is 29.2 Å². The molecule has 0 heterocycles. The van der Waals surface area contributed by atoms with Crippen LogP contribution < -0.4 is 21.1 Å². The molecule has 2 amide bonds. The first-order valence-electron chi connectivity index (χ1n) is 10.9. The summed E-state index contributed by atoms with van der Waals surface area (Å²) in [6.45, 7) is 0.881. The van der Waals surface area contributed by atoms with Crippen molar-refractivity contribution >= 4 is 39.4 Å². The molecule has 196 valence electrons. The van der Waals surface area contributed by atoms with Crippen LogP contribution in [-0.4, -0.2) is 55.1 Å². The summed E-state index contributed by atoms with van der Waals surface area (Å²) >= 11 is 5.98. The number of nitrogens with two attached hydrogens (primary N) is 1. The maximum Gasteiger partial charge on any atom is 0.307 e. The normalized spacial score (nSPS) is 13.0. The fourth-order valence-corrected chi connectivity index (χ4v) is 4.82. The highest BCUT2D eigenvalue weighted by molar-refractivity contribution is 7.88. The second-order valence-electron chi connectivity index (χ2n) is 8.06. The van der Waals surface area contributed by atoms with Gasteiger partial charge in [0.1, 0.15) is 6.04 Å². The van der Waals surface area contributed by atoms with Crippen molar-refractivity contribution in [1.29, 1.82) is 0 Å². The largest absolute Gasteiger partial charge is 0.481 e. The Bertz CT molecular complexity index is 1190. The maximum atomic E-state index is 12.5. The van der Waals surface area contributed by atoms with E-state index in [-0.39, 0.29) is 19.5 Å². The molecule has 0 bridgehead atoms. The van der Waals surface area contributed by atoms with Crippen LogP contribution in [-0.2, 0) is 49.7 Å². The molecule has 2 aromatic carbocycles. The molecule has 2 atom stereocenters. The van der Waals surface area contributed by atoms with Crippen LogP contribution in [0.15, 0.2) is 42.5 Å². The number of aliphatic hydroxyl groups excluding tert-OH is 1. The molecule has 0 fully saturated rings. The molecule has 0 spiro atoms. The van der Waals surface area contributed by atoms with Gasteiger partial charge in [-0.05, 0) is 41.3 Å². The highest BCUT2D eigenvalue weighted by Gasteiger charge is 2.26. The molecule has 7 N–H and O–H groups in total. The highest BCUT2D eigenvalue weighted by Crippen LogP contribution is 2.16. The first-order valence-corrected chi connectivity index (χ1v) is 12.9. The summed E-state index contributed by atoms with van der Waals surface area (Å²) in [6.07, 6.45) is -0.185. The average molecular weight is 541 g/mol. The van der Waals surface area contributed by atoms with Gasteiger partial charge in [-0.25, -0.2) is 13.1 Å². The number of rotatable bonds is 13. The zero-order valence-corrected chi connectivity index (χ0v) is 21.1. The van der Waals surface area contributed by atoms with Gasteiger partial charge in [0.15, 0.2) is 0 Å². The lowest BCUT2D eigenvalue weighted by Crippen LogP contribution is -2.54. The average Bonchev–Trinajstić information content (AvgIpc) is 2.81. The van der Waals surface area contributed by atoms with E-state index in [4.69, 9.17) is 22.4 Å². The van der Waals surface area contributed by atoms with Gasteiger partial charge in [0.05, 0.1) is 24.8 Å². The van der Waals surface area contributed by atoms with Crippen LogP contribution in [0.5, 0.6) is 0 Å². The number of aliphatic hydroxyl groups is 1. The number of nitrogens with one attached hydrogen (secondary N) is 3. The number of aliphatic carboxylic acids is 1. The number of carbonyl (C=O) groups excluding carboxylic acids is 2. The fraction of sp³-hybridized carbons (Fsp3) is 0.348. The Kier molecular flexibility index (Phi) is 10.8. The van der Waals surface area contributed by atoms with Crippen LogP contribution >= 0.6 is 11.6 Å². The molecule has 11 nitrogen and oxygen atoms in total.